The zero-order chi connectivity index (χ0) is 70.5. The van der Waals surface area contributed by atoms with Crippen LogP contribution in [0.3, 0.4) is 0 Å². The lowest BCUT2D eigenvalue weighted by atomic mass is 9.81. The number of carbonyl (C=O) groups is 1. The van der Waals surface area contributed by atoms with Crippen molar-refractivity contribution in [1.29, 1.82) is 0 Å². The van der Waals surface area contributed by atoms with Crippen LogP contribution in [0.15, 0.2) is 210 Å². The molecule has 5 aliphatic rings. The first-order valence-electron chi connectivity index (χ1n) is 35.2. The molecular weight excluding hydrogens is 1350 g/mol. The smallest absolute Gasteiger partial charge is 0.332 e. The van der Waals surface area contributed by atoms with Crippen molar-refractivity contribution in [3.63, 3.8) is 0 Å². The molecule has 7 unspecified atom stereocenters. The van der Waals surface area contributed by atoms with Crippen molar-refractivity contribution in [2.75, 3.05) is 107 Å². The third-order valence-electron chi connectivity index (χ3n) is 20.2. The molecule has 14 rings (SSSR count). The molecule has 2 saturated heterocycles. The quantitative estimate of drug-likeness (QED) is 0.0228. The molecule has 0 amide bonds. The van der Waals surface area contributed by atoms with Crippen molar-refractivity contribution >= 4 is 35.1 Å². The molecule has 0 spiro atoms. The Kier molecular flexibility index (Phi) is 27.0. The molecule has 4 aliphatic heterocycles. The maximum absolute atomic E-state index is 13.6. The fraction of sp³-hybridized carbons (Fsp3) is 0.333. The second-order valence-electron chi connectivity index (χ2n) is 27.3. The molecule has 2 fully saturated rings. The third-order valence-corrected chi connectivity index (χ3v) is 23.0. The summed E-state index contributed by atoms with van der Waals surface area (Å²) in [6.45, 7) is 12.0. The SMILES string of the molecule is C.CN(C)CCOc1ccc(C(=O)C2c3ccc(O)cc3CC2c2ccc(O)cc2)cc1.CN1CC[NH+](CCOc2ccc(C(=[OH+])C3c4ccc(O)cc4SC3c3ccc(O)cc3)cc2)CC1.CNC(c1ccc(OCC[NH+]2CCCCC2)cc1)C1c2ccc(O)cc2SC1c1ccc(O)cc1.[Cl-]. The molecule has 0 aromatic heterocycles. The van der Waals surface area contributed by atoms with Gasteiger partial charge in [0.15, 0.2) is 5.78 Å². The number of Topliss-reactive ketones (excluding diaryl/α,β-unsaturated/α-hetero) is 1. The molecule has 16 nitrogen and oxygen atoms in total. The lowest BCUT2D eigenvalue weighted by molar-refractivity contribution is -0.904. The monoisotopic (exact) mass is 1450 g/mol. The van der Waals surface area contributed by atoms with Crippen LogP contribution in [0.1, 0.15) is 127 Å². The summed E-state index contributed by atoms with van der Waals surface area (Å²) < 4.78 is 17.8. The summed E-state index contributed by atoms with van der Waals surface area (Å²) in [6, 6.07) is 61.4. The second-order valence-corrected chi connectivity index (χ2v) is 29.7. The first kappa shape index (κ1) is 76.9. The van der Waals surface area contributed by atoms with E-state index in [9.17, 15) is 40.2 Å². The number of hydrogen-bond acceptors (Lipinski definition) is 15. The molecule has 10 N–H and O–H groups in total. The Balaban J connectivity index is 0.000000165. The highest BCUT2D eigenvalue weighted by molar-refractivity contribution is 8.00. The fourth-order valence-corrected chi connectivity index (χ4v) is 17.7. The van der Waals surface area contributed by atoms with E-state index >= 15 is 0 Å². The number of ether oxygens (including phenoxy) is 3. The predicted octanol–water partition coefficient (Wildman–Crippen LogP) is 9.25. The molecule has 0 bridgehead atoms. The molecule has 0 saturated carbocycles. The van der Waals surface area contributed by atoms with Crippen LogP contribution in [0.2, 0.25) is 0 Å². The highest BCUT2D eigenvalue weighted by atomic mass is 35.5. The molecule has 4 heterocycles. The van der Waals surface area contributed by atoms with E-state index in [4.69, 9.17) is 14.2 Å². The van der Waals surface area contributed by atoms with Gasteiger partial charge in [0.05, 0.1) is 42.9 Å². The van der Waals surface area contributed by atoms with Gasteiger partial charge in [-0.3, -0.25) is 14.5 Å². The number of rotatable bonds is 22. The van der Waals surface area contributed by atoms with Gasteiger partial charge in [0.25, 0.3) is 0 Å². The van der Waals surface area contributed by atoms with Gasteiger partial charge in [-0.15, -0.1) is 23.5 Å². The van der Waals surface area contributed by atoms with Gasteiger partial charge in [-0.05, 0) is 232 Å². The summed E-state index contributed by atoms with van der Waals surface area (Å²) in [7, 11) is 8.16. The minimum Gasteiger partial charge on any atom is -1.00 e. The van der Waals surface area contributed by atoms with Crippen LogP contribution in [0.5, 0.6) is 51.7 Å². The maximum atomic E-state index is 13.6. The topological polar surface area (TPSA) is 215 Å². The Morgan fingerprint density at radius 2 is 0.981 bits per heavy atom. The van der Waals surface area contributed by atoms with Crippen LogP contribution in [0.4, 0.5) is 0 Å². The molecule has 19 heteroatoms. The average Bonchev–Trinajstić information content (AvgIpc) is 1.64. The predicted molar refractivity (Wildman–Crippen MR) is 406 cm³/mol. The number of fused-ring (bicyclic) bond motifs is 3. The van der Waals surface area contributed by atoms with E-state index in [1.54, 1.807) is 100 Å². The van der Waals surface area contributed by atoms with Gasteiger partial charge in [-0.1, -0.05) is 74.2 Å². The Bertz CT molecular complexity index is 4220. The van der Waals surface area contributed by atoms with Crippen LogP contribution < -0.4 is 41.7 Å². The Hall–Kier alpha value is -8.69. The zero-order valence-electron chi connectivity index (χ0n) is 58.3. The summed E-state index contributed by atoms with van der Waals surface area (Å²) in [5.74, 6) is 3.66. The standard InChI is InChI=1S/C29H34N2O3S.C28H30N2O4S.C26H27NO4.CH4.ClH/c1-30-28(20-7-12-24(13-8-20)34-18-17-31-15-3-2-4-16-31)27-25-14-11-23(33)19-26(25)35-29(27)21-5-9-22(32)10-6-21;1-29-12-14-30(15-13-29)16-17-34-23-9-4-19(5-10-23)27(33)26-24-11-8-22(32)18-25(24)35-28(26)20-2-6-21(31)7-3-20;1-27(2)13-14-31-22-10-5-18(6-11-22)26(30)25-23-12-9-21(29)15-19(23)16-24(25)17-3-7-20(28)8-4-17;;/h5-14,19,27-30,32-33H,2-4,15-18H2,1H3;2-11,18,26,28,31-32H,12-17H2,1H3;3-12,15,24-25,28-29H,13-14,16H2,1-2H3;1H4;1H/p+2. The molecule has 542 valence electrons. The summed E-state index contributed by atoms with van der Waals surface area (Å²) >= 11 is 3.39. The van der Waals surface area contributed by atoms with E-state index < -0.39 is 0 Å². The number of aromatic hydroxyl groups is 6. The van der Waals surface area contributed by atoms with Gasteiger partial charge in [0, 0.05) is 58.1 Å². The van der Waals surface area contributed by atoms with Crippen LogP contribution >= 0.6 is 23.5 Å². The van der Waals surface area contributed by atoms with E-state index in [0.717, 1.165) is 118 Å². The second kappa shape index (κ2) is 36.1. The van der Waals surface area contributed by atoms with Gasteiger partial charge in [0.1, 0.15) is 90.6 Å². The highest BCUT2D eigenvalue weighted by Crippen LogP contribution is 2.60. The Morgan fingerprint density at radius 3 is 1.52 bits per heavy atom. The van der Waals surface area contributed by atoms with Crippen LogP contribution in [0.25, 0.3) is 0 Å². The van der Waals surface area contributed by atoms with Gasteiger partial charge in [-0.25, -0.2) is 0 Å². The Labute approximate surface area is 620 Å². The van der Waals surface area contributed by atoms with Crippen molar-refractivity contribution in [2.24, 2.45) is 0 Å². The van der Waals surface area contributed by atoms with Crippen molar-refractivity contribution < 1.29 is 76.6 Å². The van der Waals surface area contributed by atoms with E-state index in [0.29, 0.717) is 25.2 Å². The molecule has 0 radical (unpaired) electrons. The molecule has 9 aromatic rings. The van der Waals surface area contributed by atoms with Crippen molar-refractivity contribution in [3.8, 4) is 51.7 Å². The molecular formula is C84H98ClN5O11S2+2. The van der Waals surface area contributed by atoms with Gasteiger partial charge in [0.2, 0.25) is 0 Å². The number of nitrogens with zero attached hydrogens (tertiary/aromatic N) is 2. The number of carbonyl (C=O) groups excluding carboxylic acids is 2. The minimum absolute atomic E-state index is 0. The number of benzene rings is 9. The molecule has 7 atom stereocenters. The zero-order valence-corrected chi connectivity index (χ0v) is 60.6. The average molecular weight is 1450 g/mol. The van der Waals surface area contributed by atoms with Crippen molar-refractivity contribution in [1.82, 2.24) is 15.1 Å². The number of phenolic OH excluding ortho intramolecular Hbond substituents is 6. The summed E-state index contributed by atoms with van der Waals surface area (Å²) in [5, 5.41) is 62.9. The number of quaternary nitrogens is 2. The number of thioether (sulfide) groups is 2. The van der Waals surface area contributed by atoms with E-state index in [1.165, 1.54) is 43.5 Å². The molecule has 103 heavy (non-hydrogen) atoms. The van der Waals surface area contributed by atoms with Gasteiger partial charge >= 0.3 is 5.78 Å². The van der Waals surface area contributed by atoms with E-state index in [1.807, 2.05) is 130 Å². The van der Waals surface area contributed by atoms with Gasteiger partial charge in [-0.2, -0.15) is 0 Å². The Morgan fingerprint density at radius 1 is 0.534 bits per heavy atom. The number of hydrogen-bond donors (Lipinski definition) is 9. The van der Waals surface area contributed by atoms with E-state index in [-0.39, 0.29) is 106 Å². The van der Waals surface area contributed by atoms with E-state index in [2.05, 4.69) is 46.4 Å². The maximum Gasteiger partial charge on any atom is 0.332 e. The minimum atomic E-state index is -0.347. The van der Waals surface area contributed by atoms with Crippen molar-refractivity contribution in [3.05, 3.63) is 256 Å². The van der Waals surface area contributed by atoms with Gasteiger partial charge < -0.3 is 77.3 Å². The van der Waals surface area contributed by atoms with Crippen molar-refractivity contribution in [2.45, 2.75) is 83.1 Å². The number of likely N-dealkylation sites (tertiary alicyclic amines) is 1. The number of ketones is 2. The van der Waals surface area contributed by atoms with Crippen LogP contribution in [-0.2, 0) is 6.42 Å². The van der Waals surface area contributed by atoms with Crippen LogP contribution in [0, 0.1) is 0 Å². The number of likely N-dealkylation sites (N-methyl/N-ethyl adjacent to an activating group) is 3. The normalized spacial score (nSPS) is 19.3. The first-order valence-corrected chi connectivity index (χ1v) is 36.9. The fourth-order valence-electron chi connectivity index (χ4n) is 14.6. The highest BCUT2D eigenvalue weighted by Gasteiger charge is 2.45. The summed E-state index contributed by atoms with van der Waals surface area (Å²) in [5.41, 5.74) is 9.90. The third kappa shape index (κ3) is 19.4. The molecule has 1 aliphatic carbocycles. The summed E-state index contributed by atoms with van der Waals surface area (Å²) in [6.07, 6.45) is 4.71. The van der Waals surface area contributed by atoms with Crippen LogP contribution in [-0.4, -0.2) is 164 Å². The number of nitrogens with one attached hydrogen (secondary N) is 3. The molecule has 9 aromatic carbocycles. The number of piperidine rings is 1. The number of phenols is 6. The summed E-state index contributed by atoms with van der Waals surface area (Å²) in [4.78, 5) is 34.7. The number of halogens is 1. The first-order chi connectivity index (χ1) is 49.0. The lowest BCUT2D eigenvalue weighted by Crippen LogP contribution is -3.15. The number of piperazine rings is 1. The lowest BCUT2D eigenvalue weighted by Gasteiger charge is -2.29. The largest absolute Gasteiger partial charge is 1.00 e.